The zero-order chi connectivity index (χ0) is 16.3. The first-order valence-electron chi connectivity index (χ1n) is 6.24. The Morgan fingerprint density at radius 1 is 1.45 bits per heavy atom. The number of halogens is 1. The summed E-state index contributed by atoms with van der Waals surface area (Å²) in [6, 6.07) is 3.76. The number of nitrogens with zero attached hydrogens (tertiary/aromatic N) is 1. The highest BCUT2D eigenvalue weighted by Crippen LogP contribution is 2.22. The summed E-state index contributed by atoms with van der Waals surface area (Å²) in [5.74, 6) is -0.674. The zero-order valence-corrected chi connectivity index (χ0v) is 14.0. The predicted octanol–water partition coefficient (Wildman–Crippen LogP) is 2.36. The van der Waals surface area contributed by atoms with Crippen LogP contribution in [0.15, 0.2) is 28.5 Å². The SMILES string of the molecule is CCc1nc(COC(=O)c2ccc(Cl)c(S(N)(=O)=O)c2)cs1. The van der Waals surface area contributed by atoms with Crippen molar-refractivity contribution in [2.75, 3.05) is 0 Å². The number of hydrogen-bond donors (Lipinski definition) is 1. The predicted molar refractivity (Wildman–Crippen MR) is 83.4 cm³/mol. The largest absolute Gasteiger partial charge is 0.456 e. The molecule has 0 bridgehead atoms. The van der Waals surface area contributed by atoms with Crippen LogP contribution in [-0.2, 0) is 27.8 Å². The van der Waals surface area contributed by atoms with Gasteiger partial charge in [0.2, 0.25) is 10.0 Å². The van der Waals surface area contributed by atoms with Crippen molar-refractivity contribution in [3.63, 3.8) is 0 Å². The number of aryl methyl sites for hydroxylation is 1. The number of rotatable bonds is 5. The second-order valence-corrected chi connectivity index (χ2v) is 7.23. The van der Waals surface area contributed by atoms with Gasteiger partial charge in [0.1, 0.15) is 11.5 Å². The fourth-order valence-electron chi connectivity index (χ4n) is 1.65. The molecule has 6 nitrogen and oxygen atoms in total. The van der Waals surface area contributed by atoms with Crippen LogP contribution >= 0.6 is 22.9 Å². The van der Waals surface area contributed by atoms with Gasteiger partial charge in [-0.25, -0.2) is 23.3 Å². The lowest BCUT2D eigenvalue weighted by atomic mass is 10.2. The molecule has 1 aromatic heterocycles. The van der Waals surface area contributed by atoms with Gasteiger partial charge in [0.15, 0.2) is 0 Å². The Hall–Kier alpha value is -1.48. The molecule has 2 rings (SSSR count). The number of aromatic nitrogens is 1. The Balaban J connectivity index is 2.13. The minimum absolute atomic E-state index is 0.0165. The lowest BCUT2D eigenvalue weighted by Gasteiger charge is -2.06. The Kier molecular flexibility index (Phi) is 5.17. The second-order valence-electron chi connectivity index (χ2n) is 4.35. The van der Waals surface area contributed by atoms with Crippen LogP contribution in [0.4, 0.5) is 0 Å². The third-order valence-electron chi connectivity index (χ3n) is 2.73. The molecule has 0 radical (unpaired) electrons. The van der Waals surface area contributed by atoms with Gasteiger partial charge in [-0.2, -0.15) is 0 Å². The van der Waals surface area contributed by atoms with Gasteiger partial charge in [-0.1, -0.05) is 18.5 Å². The number of carbonyl (C=O) groups excluding carboxylic acids is 1. The van der Waals surface area contributed by atoms with Crippen LogP contribution < -0.4 is 5.14 Å². The van der Waals surface area contributed by atoms with Gasteiger partial charge in [0, 0.05) is 5.38 Å². The first kappa shape index (κ1) is 16.9. The molecule has 0 aliphatic rings. The van der Waals surface area contributed by atoms with Gasteiger partial charge >= 0.3 is 5.97 Å². The van der Waals surface area contributed by atoms with Crippen LogP contribution in [0.1, 0.15) is 28.0 Å². The lowest BCUT2D eigenvalue weighted by Crippen LogP contribution is -2.14. The van der Waals surface area contributed by atoms with E-state index in [9.17, 15) is 13.2 Å². The smallest absolute Gasteiger partial charge is 0.338 e. The molecule has 118 valence electrons. The van der Waals surface area contributed by atoms with Crippen molar-refractivity contribution in [2.24, 2.45) is 5.14 Å². The summed E-state index contributed by atoms with van der Waals surface area (Å²) < 4.78 is 27.9. The third-order valence-corrected chi connectivity index (χ3v) is 5.16. The first-order chi connectivity index (χ1) is 10.3. The summed E-state index contributed by atoms with van der Waals surface area (Å²) >= 11 is 7.25. The lowest BCUT2D eigenvalue weighted by molar-refractivity contribution is 0.0468. The van der Waals surface area contributed by atoms with Crippen molar-refractivity contribution in [1.82, 2.24) is 4.98 Å². The number of benzene rings is 1. The van der Waals surface area contributed by atoms with Crippen LogP contribution in [0, 0.1) is 0 Å². The van der Waals surface area contributed by atoms with Gasteiger partial charge in [-0.3, -0.25) is 0 Å². The van der Waals surface area contributed by atoms with E-state index in [1.165, 1.54) is 23.5 Å². The zero-order valence-electron chi connectivity index (χ0n) is 11.6. The maximum Gasteiger partial charge on any atom is 0.338 e. The number of sulfonamides is 1. The molecule has 0 aliphatic carbocycles. The monoisotopic (exact) mass is 360 g/mol. The van der Waals surface area contributed by atoms with Crippen molar-refractivity contribution in [2.45, 2.75) is 24.8 Å². The third kappa shape index (κ3) is 4.04. The van der Waals surface area contributed by atoms with Crippen molar-refractivity contribution in [3.8, 4) is 0 Å². The van der Waals surface area contributed by atoms with Crippen molar-refractivity contribution in [3.05, 3.63) is 44.9 Å². The molecule has 0 atom stereocenters. The summed E-state index contributed by atoms with van der Waals surface area (Å²) in [5.41, 5.74) is 0.704. The number of carbonyl (C=O) groups is 1. The van der Waals surface area contributed by atoms with E-state index in [0.29, 0.717) is 5.69 Å². The number of hydrogen-bond acceptors (Lipinski definition) is 6. The summed E-state index contributed by atoms with van der Waals surface area (Å²) in [6.07, 6.45) is 0.813. The highest BCUT2D eigenvalue weighted by atomic mass is 35.5. The quantitative estimate of drug-likeness (QED) is 0.825. The molecule has 0 aliphatic heterocycles. The van der Waals surface area contributed by atoms with Crippen LogP contribution in [0.2, 0.25) is 5.02 Å². The molecular formula is C13H13ClN2O4S2. The molecule has 9 heteroatoms. The van der Waals surface area contributed by atoms with Crippen molar-refractivity contribution >= 4 is 38.9 Å². The van der Waals surface area contributed by atoms with Gasteiger partial charge in [0.05, 0.1) is 21.3 Å². The Morgan fingerprint density at radius 2 is 2.18 bits per heavy atom. The molecule has 0 saturated carbocycles. The summed E-state index contributed by atoms with van der Waals surface area (Å²) in [7, 11) is -4.01. The summed E-state index contributed by atoms with van der Waals surface area (Å²) in [5, 5.41) is 7.75. The topological polar surface area (TPSA) is 99.3 Å². The fraction of sp³-hybridized carbons (Fsp3) is 0.231. The highest BCUT2D eigenvalue weighted by molar-refractivity contribution is 7.89. The summed E-state index contributed by atoms with van der Waals surface area (Å²) in [4.78, 5) is 15.9. The van der Waals surface area contributed by atoms with Crippen LogP contribution in [0.25, 0.3) is 0 Å². The molecule has 22 heavy (non-hydrogen) atoms. The van der Waals surface area contributed by atoms with E-state index in [-0.39, 0.29) is 22.1 Å². The van der Waals surface area contributed by atoms with Crippen LogP contribution in [0.3, 0.4) is 0 Å². The van der Waals surface area contributed by atoms with E-state index in [1.807, 2.05) is 12.3 Å². The van der Waals surface area contributed by atoms with Crippen molar-refractivity contribution < 1.29 is 17.9 Å². The number of ether oxygens (including phenoxy) is 1. The number of thiazole rings is 1. The molecule has 1 heterocycles. The Labute approximate surface area is 136 Å². The number of esters is 1. The summed E-state index contributed by atoms with van der Waals surface area (Å²) in [6.45, 7) is 2.00. The van der Waals surface area contributed by atoms with Crippen molar-refractivity contribution in [1.29, 1.82) is 0 Å². The number of primary sulfonamides is 1. The molecule has 1 aromatic carbocycles. The first-order valence-corrected chi connectivity index (χ1v) is 9.04. The standard InChI is InChI=1S/C13H13ClN2O4S2/c1-2-12-16-9(7-21-12)6-20-13(17)8-3-4-10(14)11(5-8)22(15,18)19/h3-5,7H,2,6H2,1H3,(H2,15,18,19). The fourth-order valence-corrected chi connectivity index (χ4v) is 3.45. The maximum atomic E-state index is 12.0. The number of nitrogens with two attached hydrogens (primary N) is 1. The van der Waals surface area contributed by atoms with Crippen LogP contribution in [-0.4, -0.2) is 19.4 Å². The molecule has 2 aromatic rings. The molecule has 0 spiro atoms. The van der Waals surface area contributed by atoms with E-state index in [4.69, 9.17) is 21.5 Å². The normalized spacial score (nSPS) is 11.4. The van der Waals surface area contributed by atoms with Gasteiger partial charge in [-0.15, -0.1) is 11.3 Å². The average molecular weight is 361 g/mol. The Bertz CT molecular complexity index is 802. The minimum atomic E-state index is -4.01. The molecule has 0 fully saturated rings. The highest BCUT2D eigenvalue weighted by Gasteiger charge is 2.17. The van der Waals surface area contributed by atoms with Gasteiger partial charge in [0.25, 0.3) is 0 Å². The van der Waals surface area contributed by atoms with E-state index in [2.05, 4.69) is 4.98 Å². The Morgan fingerprint density at radius 3 is 2.77 bits per heavy atom. The average Bonchev–Trinajstić information content (AvgIpc) is 2.92. The second kappa shape index (κ2) is 6.74. The molecule has 2 N–H and O–H groups in total. The minimum Gasteiger partial charge on any atom is -0.456 e. The molecule has 0 saturated heterocycles. The van der Waals surface area contributed by atoms with Crippen LogP contribution in [0.5, 0.6) is 0 Å². The van der Waals surface area contributed by atoms with Gasteiger partial charge in [-0.05, 0) is 24.6 Å². The molecular weight excluding hydrogens is 348 g/mol. The van der Waals surface area contributed by atoms with E-state index in [1.54, 1.807) is 0 Å². The molecule has 0 unspecified atom stereocenters. The maximum absolute atomic E-state index is 12.0. The van der Waals surface area contributed by atoms with E-state index >= 15 is 0 Å². The van der Waals surface area contributed by atoms with E-state index in [0.717, 1.165) is 17.5 Å². The molecule has 0 amide bonds. The van der Waals surface area contributed by atoms with Gasteiger partial charge < -0.3 is 4.74 Å². The van der Waals surface area contributed by atoms with E-state index < -0.39 is 16.0 Å².